The molecule has 138 valence electrons. The Morgan fingerprint density at radius 1 is 1.24 bits per heavy atom. The lowest BCUT2D eigenvalue weighted by molar-refractivity contribution is 0.0365. The summed E-state index contributed by atoms with van der Waals surface area (Å²) in [6.45, 7) is 5.62. The summed E-state index contributed by atoms with van der Waals surface area (Å²) in [7, 11) is 3.63. The zero-order valence-electron chi connectivity index (χ0n) is 15.3. The number of morpholine rings is 1. The van der Waals surface area contributed by atoms with Gasteiger partial charge in [-0.2, -0.15) is 0 Å². The Morgan fingerprint density at radius 2 is 1.96 bits per heavy atom. The molecule has 6 nitrogen and oxygen atoms in total. The number of nitrogens with zero attached hydrogens (tertiary/aromatic N) is 3. The molecule has 0 aliphatic carbocycles. The number of urea groups is 1. The minimum atomic E-state index is 0.139. The van der Waals surface area contributed by atoms with Crippen molar-refractivity contribution in [1.82, 2.24) is 14.7 Å². The van der Waals surface area contributed by atoms with Crippen LogP contribution in [0.1, 0.15) is 18.4 Å². The molecule has 2 amide bonds. The van der Waals surface area contributed by atoms with E-state index in [1.807, 2.05) is 29.0 Å². The van der Waals surface area contributed by atoms with Gasteiger partial charge in [0, 0.05) is 39.3 Å². The third-order valence-electron chi connectivity index (χ3n) is 5.18. The van der Waals surface area contributed by atoms with Gasteiger partial charge in [-0.05, 0) is 37.1 Å². The molecule has 1 unspecified atom stereocenters. The minimum Gasteiger partial charge on any atom is -0.497 e. The lowest BCUT2D eigenvalue weighted by Crippen LogP contribution is -2.54. The molecule has 25 heavy (non-hydrogen) atoms. The summed E-state index contributed by atoms with van der Waals surface area (Å²) >= 11 is 0. The summed E-state index contributed by atoms with van der Waals surface area (Å²) in [6.07, 6.45) is 2.20. The Kier molecular flexibility index (Phi) is 6.15. The van der Waals surface area contributed by atoms with Crippen LogP contribution in [0.25, 0.3) is 0 Å². The second-order valence-electron chi connectivity index (χ2n) is 6.87. The fraction of sp³-hybridized carbons (Fsp3) is 0.632. The highest BCUT2D eigenvalue weighted by Gasteiger charge is 2.29. The number of likely N-dealkylation sites (tertiary alicyclic amines) is 1. The van der Waals surface area contributed by atoms with E-state index in [2.05, 4.69) is 17.0 Å². The van der Waals surface area contributed by atoms with Crippen LogP contribution in [0.3, 0.4) is 0 Å². The van der Waals surface area contributed by atoms with Crippen LogP contribution < -0.4 is 4.74 Å². The number of methoxy groups -OCH3 is 1. The smallest absolute Gasteiger partial charge is 0.320 e. The van der Waals surface area contributed by atoms with E-state index in [0.717, 1.165) is 38.2 Å². The van der Waals surface area contributed by atoms with Gasteiger partial charge in [-0.15, -0.1) is 0 Å². The average Bonchev–Trinajstić information content (AvgIpc) is 2.68. The molecule has 3 rings (SSSR count). The third-order valence-corrected chi connectivity index (χ3v) is 5.18. The van der Waals surface area contributed by atoms with Gasteiger partial charge in [0.2, 0.25) is 0 Å². The van der Waals surface area contributed by atoms with Gasteiger partial charge in [0.1, 0.15) is 5.75 Å². The number of benzene rings is 1. The molecule has 0 radical (unpaired) electrons. The molecule has 0 aromatic heterocycles. The van der Waals surface area contributed by atoms with Crippen LogP contribution in [-0.2, 0) is 11.3 Å². The number of hydrogen-bond donors (Lipinski definition) is 0. The van der Waals surface area contributed by atoms with Gasteiger partial charge in [0.25, 0.3) is 0 Å². The van der Waals surface area contributed by atoms with Crippen molar-refractivity contribution in [2.45, 2.75) is 25.4 Å². The first-order valence-electron chi connectivity index (χ1n) is 9.12. The predicted octanol–water partition coefficient (Wildman–Crippen LogP) is 2.04. The van der Waals surface area contributed by atoms with Gasteiger partial charge >= 0.3 is 6.03 Å². The summed E-state index contributed by atoms with van der Waals surface area (Å²) in [4.78, 5) is 19.0. The molecule has 2 saturated heterocycles. The van der Waals surface area contributed by atoms with E-state index in [0.29, 0.717) is 26.3 Å². The number of carbonyl (C=O) groups is 1. The molecule has 2 heterocycles. The Balaban J connectivity index is 1.55. The molecule has 2 aliphatic heterocycles. The first-order valence-corrected chi connectivity index (χ1v) is 9.12. The van der Waals surface area contributed by atoms with Gasteiger partial charge in [0.15, 0.2) is 0 Å². The fourth-order valence-electron chi connectivity index (χ4n) is 3.61. The highest BCUT2D eigenvalue weighted by molar-refractivity contribution is 5.74. The summed E-state index contributed by atoms with van der Waals surface area (Å²) in [5, 5.41) is 0. The Hall–Kier alpha value is -1.79. The highest BCUT2D eigenvalue weighted by atomic mass is 16.5. The SMILES string of the molecule is COc1ccc(CN2CCCC(N(C)C(=O)N3CCOCC3)C2)cc1. The third kappa shape index (κ3) is 4.64. The molecule has 6 heteroatoms. The van der Waals surface area contributed by atoms with Gasteiger partial charge in [0.05, 0.1) is 20.3 Å². The molecule has 1 aromatic carbocycles. The largest absolute Gasteiger partial charge is 0.497 e. The Labute approximate surface area is 150 Å². The molecule has 0 saturated carbocycles. The quantitative estimate of drug-likeness (QED) is 0.836. The van der Waals surface area contributed by atoms with E-state index in [-0.39, 0.29) is 12.1 Å². The summed E-state index contributed by atoms with van der Waals surface area (Å²) in [5.74, 6) is 0.885. The first kappa shape index (κ1) is 18.0. The summed E-state index contributed by atoms with van der Waals surface area (Å²) < 4.78 is 10.6. The average molecular weight is 347 g/mol. The number of piperidine rings is 1. The maximum atomic E-state index is 12.7. The van der Waals surface area contributed by atoms with Gasteiger partial charge in [-0.1, -0.05) is 12.1 Å². The second-order valence-corrected chi connectivity index (χ2v) is 6.87. The number of carbonyl (C=O) groups excluding carboxylic acids is 1. The number of rotatable bonds is 4. The van der Waals surface area contributed by atoms with Gasteiger partial charge in [-0.25, -0.2) is 4.79 Å². The van der Waals surface area contributed by atoms with Crippen LogP contribution >= 0.6 is 0 Å². The van der Waals surface area contributed by atoms with Crippen LogP contribution in [0.4, 0.5) is 4.79 Å². The van der Waals surface area contributed by atoms with Crippen molar-refractivity contribution in [3.63, 3.8) is 0 Å². The molecule has 0 N–H and O–H groups in total. The van der Waals surface area contributed by atoms with Crippen molar-refractivity contribution < 1.29 is 14.3 Å². The molecule has 0 bridgehead atoms. The van der Waals surface area contributed by atoms with Crippen LogP contribution in [0, 0.1) is 0 Å². The van der Waals surface area contributed by atoms with E-state index in [1.54, 1.807) is 7.11 Å². The number of amides is 2. The number of hydrogen-bond acceptors (Lipinski definition) is 4. The number of likely N-dealkylation sites (N-methyl/N-ethyl adjacent to an activating group) is 1. The van der Waals surface area contributed by atoms with Gasteiger partial charge in [-0.3, -0.25) is 4.90 Å². The lowest BCUT2D eigenvalue weighted by atomic mass is 10.0. The Bertz CT molecular complexity index is 558. The van der Waals surface area contributed by atoms with Crippen LogP contribution in [0.15, 0.2) is 24.3 Å². The van der Waals surface area contributed by atoms with Crippen LogP contribution in [0.2, 0.25) is 0 Å². The lowest BCUT2D eigenvalue weighted by Gasteiger charge is -2.40. The highest BCUT2D eigenvalue weighted by Crippen LogP contribution is 2.20. The molecule has 2 fully saturated rings. The normalized spacial score (nSPS) is 21.8. The monoisotopic (exact) mass is 347 g/mol. The van der Waals surface area contributed by atoms with E-state index in [4.69, 9.17) is 9.47 Å². The van der Waals surface area contributed by atoms with Crippen molar-refractivity contribution in [1.29, 1.82) is 0 Å². The first-order chi connectivity index (χ1) is 12.2. The van der Waals surface area contributed by atoms with Crippen LogP contribution in [-0.4, -0.2) is 80.3 Å². The fourth-order valence-corrected chi connectivity index (χ4v) is 3.61. The zero-order chi connectivity index (χ0) is 17.6. The molecule has 1 atom stereocenters. The molecular weight excluding hydrogens is 318 g/mol. The molecule has 2 aliphatic rings. The second kappa shape index (κ2) is 8.54. The van der Waals surface area contributed by atoms with Crippen molar-refractivity contribution >= 4 is 6.03 Å². The minimum absolute atomic E-state index is 0.139. The Morgan fingerprint density at radius 3 is 2.64 bits per heavy atom. The number of ether oxygens (including phenoxy) is 2. The standard InChI is InChI=1S/C19H29N3O3/c1-20(19(23)22-10-12-25-13-11-22)17-4-3-9-21(15-17)14-16-5-7-18(24-2)8-6-16/h5-8,17H,3-4,9-15H2,1-2H3. The van der Waals surface area contributed by atoms with E-state index in [1.165, 1.54) is 5.56 Å². The van der Waals surface area contributed by atoms with Crippen molar-refractivity contribution in [2.75, 3.05) is 53.6 Å². The molecular formula is C19H29N3O3. The zero-order valence-corrected chi connectivity index (χ0v) is 15.3. The molecule has 1 aromatic rings. The van der Waals surface area contributed by atoms with Gasteiger partial charge < -0.3 is 19.3 Å². The van der Waals surface area contributed by atoms with Crippen LogP contribution in [0.5, 0.6) is 5.75 Å². The van der Waals surface area contributed by atoms with Crippen molar-refractivity contribution in [2.24, 2.45) is 0 Å². The van der Waals surface area contributed by atoms with E-state index in [9.17, 15) is 4.79 Å². The molecule has 0 spiro atoms. The maximum absolute atomic E-state index is 12.7. The predicted molar refractivity (Wildman–Crippen MR) is 96.8 cm³/mol. The van der Waals surface area contributed by atoms with Crippen molar-refractivity contribution in [3.05, 3.63) is 29.8 Å². The van der Waals surface area contributed by atoms with Crippen molar-refractivity contribution in [3.8, 4) is 5.75 Å². The summed E-state index contributed by atoms with van der Waals surface area (Å²) in [6, 6.07) is 8.66. The van der Waals surface area contributed by atoms with E-state index < -0.39 is 0 Å². The topological polar surface area (TPSA) is 45.2 Å². The summed E-state index contributed by atoms with van der Waals surface area (Å²) in [5.41, 5.74) is 1.28. The maximum Gasteiger partial charge on any atom is 0.320 e. The van der Waals surface area contributed by atoms with E-state index >= 15 is 0 Å².